The van der Waals surface area contributed by atoms with Gasteiger partial charge in [-0.1, -0.05) is 0 Å². The number of likely N-dealkylation sites (N-methyl/N-ethyl adjacent to an activating group) is 1. The van der Waals surface area contributed by atoms with Crippen LogP contribution in [0.15, 0.2) is 18.3 Å². The van der Waals surface area contributed by atoms with Gasteiger partial charge in [0, 0.05) is 26.4 Å². The molecular formula is C15H22N2O3. The SMILES string of the molecule is CC(C)OC(=O)c1cccnc1N(C)CC1CCCO1. The summed E-state index contributed by atoms with van der Waals surface area (Å²) in [6, 6.07) is 3.50. The predicted octanol–water partition coefficient (Wildman–Crippen LogP) is 2.26. The van der Waals surface area contributed by atoms with Crippen molar-refractivity contribution < 1.29 is 14.3 Å². The lowest BCUT2D eigenvalue weighted by Gasteiger charge is -2.23. The molecule has 110 valence electrons. The molecule has 1 aliphatic heterocycles. The topological polar surface area (TPSA) is 51.7 Å². The molecule has 0 amide bonds. The second-order valence-electron chi connectivity index (χ2n) is 5.34. The largest absolute Gasteiger partial charge is 0.459 e. The molecule has 20 heavy (non-hydrogen) atoms. The summed E-state index contributed by atoms with van der Waals surface area (Å²) in [4.78, 5) is 18.4. The number of aromatic nitrogens is 1. The summed E-state index contributed by atoms with van der Waals surface area (Å²) in [7, 11) is 1.93. The van der Waals surface area contributed by atoms with E-state index in [2.05, 4.69) is 4.98 Å². The molecule has 0 aliphatic carbocycles. The average molecular weight is 278 g/mol. The van der Waals surface area contributed by atoms with Crippen LogP contribution < -0.4 is 4.90 Å². The lowest BCUT2D eigenvalue weighted by atomic mass is 10.2. The number of carbonyl (C=O) groups excluding carboxylic acids is 1. The summed E-state index contributed by atoms with van der Waals surface area (Å²) >= 11 is 0. The third kappa shape index (κ3) is 3.70. The molecule has 0 spiro atoms. The second-order valence-corrected chi connectivity index (χ2v) is 5.34. The van der Waals surface area contributed by atoms with Crippen LogP contribution in [0.1, 0.15) is 37.0 Å². The summed E-state index contributed by atoms with van der Waals surface area (Å²) in [6.07, 6.45) is 3.93. The Labute approximate surface area is 119 Å². The Morgan fingerprint density at radius 1 is 1.60 bits per heavy atom. The van der Waals surface area contributed by atoms with Crippen molar-refractivity contribution in [3.8, 4) is 0 Å². The van der Waals surface area contributed by atoms with E-state index in [9.17, 15) is 4.79 Å². The van der Waals surface area contributed by atoms with E-state index in [-0.39, 0.29) is 18.2 Å². The van der Waals surface area contributed by atoms with E-state index in [1.807, 2.05) is 25.8 Å². The van der Waals surface area contributed by atoms with Crippen LogP contribution in [0.5, 0.6) is 0 Å². The molecule has 5 heteroatoms. The van der Waals surface area contributed by atoms with E-state index in [0.717, 1.165) is 26.0 Å². The number of nitrogens with zero attached hydrogens (tertiary/aromatic N) is 2. The maximum atomic E-state index is 12.1. The van der Waals surface area contributed by atoms with Crippen LogP contribution in [0.4, 0.5) is 5.82 Å². The monoisotopic (exact) mass is 278 g/mol. The maximum absolute atomic E-state index is 12.1. The first-order chi connectivity index (χ1) is 9.58. The van der Waals surface area contributed by atoms with Crippen molar-refractivity contribution in [2.24, 2.45) is 0 Å². The molecule has 0 bridgehead atoms. The number of hydrogen-bond donors (Lipinski definition) is 0. The Hall–Kier alpha value is -1.62. The van der Waals surface area contributed by atoms with Gasteiger partial charge in [-0.25, -0.2) is 9.78 Å². The van der Waals surface area contributed by atoms with Gasteiger partial charge in [-0.2, -0.15) is 0 Å². The number of esters is 1. The van der Waals surface area contributed by atoms with Crippen LogP contribution in [0.25, 0.3) is 0 Å². The molecule has 0 radical (unpaired) electrons. The first kappa shape index (κ1) is 14.8. The molecule has 0 saturated carbocycles. The zero-order valence-electron chi connectivity index (χ0n) is 12.3. The highest BCUT2D eigenvalue weighted by molar-refractivity contribution is 5.94. The first-order valence-corrected chi connectivity index (χ1v) is 7.06. The van der Waals surface area contributed by atoms with Crippen LogP contribution in [-0.4, -0.2) is 43.4 Å². The van der Waals surface area contributed by atoms with Gasteiger partial charge in [0.25, 0.3) is 0 Å². The summed E-state index contributed by atoms with van der Waals surface area (Å²) < 4.78 is 10.9. The summed E-state index contributed by atoms with van der Waals surface area (Å²) in [5.41, 5.74) is 0.502. The smallest absolute Gasteiger partial charge is 0.342 e. The molecule has 1 atom stereocenters. The van der Waals surface area contributed by atoms with Gasteiger partial charge in [0.05, 0.1) is 12.2 Å². The molecule has 0 aromatic carbocycles. The van der Waals surface area contributed by atoms with Crippen LogP contribution in [0.3, 0.4) is 0 Å². The number of carbonyl (C=O) groups is 1. The molecule has 1 saturated heterocycles. The number of pyridine rings is 1. The van der Waals surface area contributed by atoms with Gasteiger partial charge in [-0.15, -0.1) is 0 Å². The summed E-state index contributed by atoms with van der Waals surface area (Å²) in [5, 5.41) is 0. The molecule has 1 aromatic heterocycles. The fraction of sp³-hybridized carbons (Fsp3) is 0.600. The molecule has 0 N–H and O–H groups in total. The van der Waals surface area contributed by atoms with Gasteiger partial charge in [0.2, 0.25) is 0 Å². The zero-order chi connectivity index (χ0) is 14.5. The zero-order valence-corrected chi connectivity index (χ0v) is 12.3. The molecule has 2 rings (SSSR count). The molecule has 5 nitrogen and oxygen atoms in total. The lowest BCUT2D eigenvalue weighted by molar-refractivity contribution is 0.0378. The van der Waals surface area contributed by atoms with Crippen LogP contribution in [0, 0.1) is 0 Å². The van der Waals surface area contributed by atoms with Gasteiger partial charge in [-0.05, 0) is 38.8 Å². The number of hydrogen-bond acceptors (Lipinski definition) is 5. The number of ether oxygens (including phenoxy) is 2. The van der Waals surface area contributed by atoms with Crippen molar-refractivity contribution in [3.63, 3.8) is 0 Å². The van der Waals surface area contributed by atoms with Crippen molar-refractivity contribution in [2.45, 2.75) is 38.9 Å². The fourth-order valence-corrected chi connectivity index (χ4v) is 2.32. The van der Waals surface area contributed by atoms with Crippen molar-refractivity contribution >= 4 is 11.8 Å². The lowest BCUT2D eigenvalue weighted by Crippen LogP contribution is -2.30. The van der Waals surface area contributed by atoms with Crippen molar-refractivity contribution in [3.05, 3.63) is 23.9 Å². The van der Waals surface area contributed by atoms with E-state index in [4.69, 9.17) is 9.47 Å². The van der Waals surface area contributed by atoms with E-state index >= 15 is 0 Å². The first-order valence-electron chi connectivity index (χ1n) is 7.06. The third-order valence-corrected chi connectivity index (χ3v) is 3.21. The summed E-state index contributed by atoms with van der Waals surface area (Å²) in [6.45, 7) is 5.23. The standard InChI is InChI=1S/C15H22N2O3/c1-11(2)20-15(18)13-7-4-8-16-14(13)17(3)10-12-6-5-9-19-12/h4,7-8,11-12H,5-6,9-10H2,1-3H3. The number of anilines is 1. The Balaban J connectivity index is 2.11. The highest BCUT2D eigenvalue weighted by Gasteiger charge is 2.22. The molecular weight excluding hydrogens is 256 g/mol. The Bertz CT molecular complexity index is 456. The molecule has 1 aromatic rings. The normalized spacial score (nSPS) is 18.3. The number of rotatable bonds is 5. The fourth-order valence-electron chi connectivity index (χ4n) is 2.32. The molecule has 1 aliphatic rings. The van der Waals surface area contributed by atoms with Gasteiger partial charge in [0.15, 0.2) is 0 Å². The molecule has 2 heterocycles. The summed E-state index contributed by atoms with van der Waals surface area (Å²) in [5.74, 6) is 0.316. The minimum absolute atomic E-state index is 0.140. The van der Waals surface area contributed by atoms with E-state index in [1.54, 1.807) is 18.3 Å². The van der Waals surface area contributed by atoms with Crippen LogP contribution in [-0.2, 0) is 9.47 Å². The second kappa shape index (κ2) is 6.70. The van der Waals surface area contributed by atoms with Gasteiger partial charge in [0.1, 0.15) is 11.4 Å². The minimum atomic E-state index is -0.331. The van der Waals surface area contributed by atoms with Crippen molar-refractivity contribution in [2.75, 3.05) is 25.1 Å². The quantitative estimate of drug-likeness (QED) is 0.773. The van der Waals surface area contributed by atoms with E-state index in [0.29, 0.717) is 11.4 Å². The third-order valence-electron chi connectivity index (χ3n) is 3.21. The van der Waals surface area contributed by atoms with Crippen molar-refractivity contribution in [1.29, 1.82) is 0 Å². The van der Waals surface area contributed by atoms with Gasteiger partial charge < -0.3 is 14.4 Å². The highest BCUT2D eigenvalue weighted by Crippen LogP contribution is 2.20. The molecule has 1 unspecified atom stereocenters. The van der Waals surface area contributed by atoms with Crippen LogP contribution >= 0.6 is 0 Å². The van der Waals surface area contributed by atoms with E-state index in [1.165, 1.54) is 0 Å². The van der Waals surface area contributed by atoms with E-state index < -0.39 is 0 Å². The Kier molecular flexibility index (Phi) is 4.95. The molecule has 1 fully saturated rings. The average Bonchev–Trinajstić information content (AvgIpc) is 2.90. The predicted molar refractivity (Wildman–Crippen MR) is 77.0 cm³/mol. The van der Waals surface area contributed by atoms with Crippen LogP contribution in [0.2, 0.25) is 0 Å². The Morgan fingerprint density at radius 3 is 3.05 bits per heavy atom. The van der Waals surface area contributed by atoms with Gasteiger partial charge in [-0.3, -0.25) is 0 Å². The Morgan fingerprint density at radius 2 is 2.40 bits per heavy atom. The maximum Gasteiger partial charge on any atom is 0.342 e. The highest BCUT2D eigenvalue weighted by atomic mass is 16.5. The van der Waals surface area contributed by atoms with Gasteiger partial charge >= 0.3 is 5.97 Å². The minimum Gasteiger partial charge on any atom is -0.459 e. The van der Waals surface area contributed by atoms with Crippen molar-refractivity contribution in [1.82, 2.24) is 4.98 Å².